The van der Waals surface area contributed by atoms with Crippen LogP contribution in [-0.2, 0) is 6.54 Å². The van der Waals surface area contributed by atoms with Crippen LogP contribution < -0.4 is 4.74 Å². The highest BCUT2D eigenvalue weighted by Gasteiger charge is 2.31. The average molecular weight is 335 g/mol. The van der Waals surface area contributed by atoms with Gasteiger partial charge in [0.1, 0.15) is 11.4 Å². The summed E-state index contributed by atoms with van der Waals surface area (Å²) >= 11 is 3.43. The minimum atomic E-state index is -0.154. The van der Waals surface area contributed by atoms with Crippen molar-refractivity contribution in [2.45, 2.75) is 25.8 Å². The SMILES string of the molecule is CCn1ncc(Br)c1C(=O)C1CCOc2ccccc21. The Labute approximate surface area is 125 Å². The maximum atomic E-state index is 12.9. The molecule has 1 aromatic heterocycles. The van der Waals surface area contributed by atoms with E-state index in [0.717, 1.165) is 15.8 Å². The topological polar surface area (TPSA) is 44.1 Å². The molecule has 0 radical (unpaired) electrons. The summed E-state index contributed by atoms with van der Waals surface area (Å²) in [5.74, 6) is 0.765. The monoisotopic (exact) mass is 334 g/mol. The molecule has 0 fully saturated rings. The number of fused-ring (bicyclic) bond motifs is 1. The first kappa shape index (κ1) is 13.4. The highest BCUT2D eigenvalue weighted by molar-refractivity contribution is 9.10. The number of carbonyl (C=O) groups excluding carboxylic acids is 1. The second-order valence-electron chi connectivity index (χ2n) is 4.75. The van der Waals surface area contributed by atoms with E-state index in [2.05, 4.69) is 21.0 Å². The largest absolute Gasteiger partial charge is 0.493 e. The molecule has 0 bridgehead atoms. The number of hydrogen-bond acceptors (Lipinski definition) is 3. The van der Waals surface area contributed by atoms with Crippen LogP contribution in [0.15, 0.2) is 34.9 Å². The summed E-state index contributed by atoms with van der Waals surface area (Å²) in [6, 6.07) is 7.76. The fourth-order valence-electron chi connectivity index (χ4n) is 2.63. The van der Waals surface area contributed by atoms with Gasteiger partial charge in [0.25, 0.3) is 0 Å². The zero-order valence-electron chi connectivity index (χ0n) is 11.2. The van der Waals surface area contributed by atoms with Crippen molar-refractivity contribution in [2.75, 3.05) is 6.61 Å². The maximum absolute atomic E-state index is 12.9. The molecule has 3 rings (SSSR count). The maximum Gasteiger partial charge on any atom is 0.189 e. The summed E-state index contributed by atoms with van der Waals surface area (Å²) in [6.45, 7) is 3.23. The number of para-hydroxylation sites is 1. The van der Waals surface area contributed by atoms with Crippen LogP contribution in [0, 0.1) is 0 Å². The average Bonchev–Trinajstić information content (AvgIpc) is 2.87. The summed E-state index contributed by atoms with van der Waals surface area (Å²) in [6.07, 6.45) is 2.39. The molecule has 0 aliphatic carbocycles. The molecular formula is C15H15BrN2O2. The van der Waals surface area contributed by atoms with Gasteiger partial charge in [0.15, 0.2) is 5.78 Å². The first-order valence-electron chi connectivity index (χ1n) is 6.69. The van der Waals surface area contributed by atoms with Crippen molar-refractivity contribution in [2.24, 2.45) is 0 Å². The van der Waals surface area contributed by atoms with E-state index in [-0.39, 0.29) is 11.7 Å². The van der Waals surface area contributed by atoms with E-state index in [0.29, 0.717) is 25.3 Å². The van der Waals surface area contributed by atoms with Crippen molar-refractivity contribution in [3.05, 3.63) is 46.2 Å². The van der Waals surface area contributed by atoms with E-state index in [4.69, 9.17) is 4.74 Å². The standard InChI is InChI=1S/C15H15BrN2O2/c1-2-18-14(12(16)9-17-18)15(19)11-7-8-20-13-6-4-3-5-10(11)13/h3-6,9,11H,2,7-8H2,1H3. The number of nitrogens with zero attached hydrogens (tertiary/aromatic N) is 2. The number of rotatable bonds is 3. The lowest BCUT2D eigenvalue weighted by Crippen LogP contribution is -2.23. The third kappa shape index (κ3) is 2.16. The first-order chi connectivity index (χ1) is 9.72. The molecule has 1 unspecified atom stereocenters. The van der Waals surface area contributed by atoms with Gasteiger partial charge in [0, 0.05) is 12.1 Å². The smallest absolute Gasteiger partial charge is 0.189 e. The van der Waals surface area contributed by atoms with Gasteiger partial charge in [-0.05, 0) is 35.3 Å². The van der Waals surface area contributed by atoms with Gasteiger partial charge in [-0.1, -0.05) is 18.2 Å². The van der Waals surface area contributed by atoms with E-state index in [1.165, 1.54) is 0 Å². The highest BCUT2D eigenvalue weighted by Crippen LogP contribution is 2.36. The molecule has 0 amide bonds. The molecule has 1 aliphatic rings. The van der Waals surface area contributed by atoms with Gasteiger partial charge < -0.3 is 4.74 Å². The molecule has 5 heteroatoms. The minimum Gasteiger partial charge on any atom is -0.493 e. The van der Waals surface area contributed by atoms with Gasteiger partial charge in [0.05, 0.1) is 23.2 Å². The minimum absolute atomic E-state index is 0.104. The van der Waals surface area contributed by atoms with E-state index >= 15 is 0 Å². The number of halogens is 1. The molecule has 0 spiro atoms. The zero-order chi connectivity index (χ0) is 14.1. The van der Waals surface area contributed by atoms with Gasteiger partial charge in [0.2, 0.25) is 0 Å². The quantitative estimate of drug-likeness (QED) is 0.808. The van der Waals surface area contributed by atoms with E-state index < -0.39 is 0 Å². The van der Waals surface area contributed by atoms with Crippen molar-refractivity contribution in [3.63, 3.8) is 0 Å². The molecule has 0 saturated carbocycles. The van der Waals surface area contributed by atoms with E-state index in [1.54, 1.807) is 10.9 Å². The predicted molar refractivity (Wildman–Crippen MR) is 79.2 cm³/mol. The second-order valence-corrected chi connectivity index (χ2v) is 5.60. The lowest BCUT2D eigenvalue weighted by Gasteiger charge is -2.25. The Morgan fingerprint density at radius 3 is 3.10 bits per heavy atom. The number of Topliss-reactive ketones (excluding diaryl/α,β-unsaturated/α-hetero) is 1. The number of aromatic nitrogens is 2. The van der Waals surface area contributed by atoms with Crippen molar-refractivity contribution < 1.29 is 9.53 Å². The number of carbonyl (C=O) groups is 1. The van der Waals surface area contributed by atoms with Crippen LogP contribution in [0.2, 0.25) is 0 Å². The Kier molecular flexibility index (Phi) is 3.61. The summed E-state index contributed by atoms with van der Waals surface area (Å²) in [4.78, 5) is 12.9. The van der Waals surface area contributed by atoms with E-state index in [1.807, 2.05) is 31.2 Å². The Balaban J connectivity index is 2.02. The molecule has 1 atom stereocenters. The van der Waals surface area contributed by atoms with Crippen LogP contribution in [-0.4, -0.2) is 22.2 Å². The Hall–Kier alpha value is -1.62. The van der Waals surface area contributed by atoms with E-state index in [9.17, 15) is 4.79 Å². The third-order valence-corrected chi connectivity index (χ3v) is 4.18. The normalized spacial score (nSPS) is 17.4. The van der Waals surface area contributed by atoms with Crippen LogP contribution in [0.4, 0.5) is 0 Å². The molecule has 0 N–H and O–H groups in total. The molecule has 20 heavy (non-hydrogen) atoms. The van der Waals surface area contributed by atoms with Crippen molar-refractivity contribution in [3.8, 4) is 5.75 Å². The molecule has 104 valence electrons. The molecule has 2 aromatic rings. The molecular weight excluding hydrogens is 320 g/mol. The highest BCUT2D eigenvalue weighted by atomic mass is 79.9. The van der Waals surface area contributed by atoms with Gasteiger partial charge >= 0.3 is 0 Å². The number of benzene rings is 1. The van der Waals surface area contributed by atoms with Gasteiger partial charge in [-0.25, -0.2) is 0 Å². The fourth-order valence-corrected chi connectivity index (χ4v) is 3.12. The zero-order valence-corrected chi connectivity index (χ0v) is 12.8. The molecule has 1 aliphatic heterocycles. The Morgan fingerprint density at radius 2 is 2.30 bits per heavy atom. The number of ketones is 1. The summed E-state index contributed by atoms with van der Waals surface area (Å²) in [5.41, 5.74) is 1.62. The molecule has 4 nitrogen and oxygen atoms in total. The fraction of sp³-hybridized carbons (Fsp3) is 0.333. The second kappa shape index (κ2) is 5.40. The summed E-state index contributed by atoms with van der Waals surface area (Å²) < 4.78 is 8.12. The lowest BCUT2D eigenvalue weighted by molar-refractivity contribution is 0.0921. The number of aryl methyl sites for hydroxylation is 1. The van der Waals surface area contributed by atoms with Gasteiger partial charge in [-0.2, -0.15) is 5.10 Å². The van der Waals surface area contributed by atoms with Crippen molar-refractivity contribution >= 4 is 21.7 Å². The molecule has 0 saturated heterocycles. The number of hydrogen-bond donors (Lipinski definition) is 0. The predicted octanol–water partition coefficient (Wildman–Crippen LogP) is 3.41. The van der Waals surface area contributed by atoms with Gasteiger partial charge in [-0.3, -0.25) is 9.48 Å². The van der Waals surface area contributed by atoms with Crippen LogP contribution in [0.25, 0.3) is 0 Å². The van der Waals surface area contributed by atoms with Crippen molar-refractivity contribution in [1.82, 2.24) is 9.78 Å². The molecule has 1 aromatic carbocycles. The molecule has 2 heterocycles. The van der Waals surface area contributed by atoms with Gasteiger partial charge in [-0.15, -0.1) is 0 Å². The van der Waals surface area contributed by atoms with Crippen LogP contribution >= 0.6 is 15.9 Å². The lowest BCUT2D eigenvalue weighted by atomic mass is 9.88. The van der Waals surface area contributed by atoms with Crippen LogP contribution in [0.1, 0.15) is 35.3 Å². The number of ether oxygens (including phenoxy) is 1. The van der Waals surface area contributed by atoms with Crippen LogP contribution in [0.3, 0.4) is 0 Å². The summed E-state index contributed by atoms with van der Waals surface area (Å²) in [7, 11) is 0. The third-order valence-electron chi connectivity index (χ3n) is 3.60. The Bertz CT molecular complexity index is 651. The Morgan fingerprint density at radius 1 is 1.50 bits per heavy atom. The first-order valence-corrected chi connectivity index (χ1v) is 7.49. The summed E-state index contributed by atoms with van der Waals surface area (Å²) in [5, 5.41) is 4.22. The van der Waals surface area contributed by atoms with Crippen molar-refractivity contribution in [1.29, 1.82) is 0 Å². The van der Waals surface area contributed by atoms with Crippen LogP contribution in [0.5, 0.6) is 5.75 Å².